The summed E-state index contributed by atoms with van der Waals surface area (Å²) in [5, 5.41) is 0.201. The van der Waals surface area contributed by atoms with Crippen LogP contribution in [0.4, 0.5) is 0 Å². The van der Waals surface area contributed by atoms with Crippen LogP contribution in [0.3, 0.4) is 0 Å². The van der Waals surface area contributed by atoms with Crippen molar-refractivity contribution in [2.24, 2.45) is 11.1 Å². The Kier molecular flexibility index (Phi) is 5.43. The monoisotopic (exact) mass is 368 g/mol. The first-order valence-electron chi connectivity index (χ1n) is 5.71. The average Bonchev–Trinajstić information content (AvgIpc) is 2.27. The fourth-order valence-corrected chi connectivity index (χ4v) is 3.97. The lowest BCUT2D eigenvalue weighted by molar-refractivity contribution is 0.292. The molecule has 0 saturated heterocycles. The SMILES string of the molecule is CN(CC(C)(C)CN)S(=O)(=O)c1ccc(Br)cc1Cl. The van der Waals surface area contributed by atoms with E-state index in [4.69, 9.17) is 17.3 Å². The van der Waals surface area contributed by atoms with Gasteiger partial charge in [-0.15, -0.1) is 0 Å². The molecule has 2 N–H and O–H groups in total. The highest BCUT2D eigenvalue weighted by molar-refractivity contribution is 9.10. The summed E-state index contributed by atoms with van der Waals surface area (Å²) in [5.74, 6) is 0. The number of sulfonamides is 1. The number of rotatable bonds is 5. The minimum absolute atomic E-state index is 0.104. The molecule has 0 atom stereocenters. The Morgan fingerprint density at radius 1 is 1.42 bits per heavy atom. The third-order valence-electron chi connectivity index (χ3n) is 2.79. The van der Waals surface area contributed by atoms with Gasteiger partial charge >= 0.3 is 0 Å². The van der Waals surface area contributed by atoms with Gasteiger partial charge in [-0.2, -0.15) is 0 Å². The van der Waals surface area contributed by atoms with E-state index in [-0.39, 0.29) is 15.3 Å². The molecular formula is C12H18BrClN2O2S. The molecule has 1 aromatic carbocycles. The molecule has 19 heavy (non-hydrogen) atoms. The van der Waals surface area contributed by atoms with Crippen LogP contribution < -0.4 is 5.73 Å². The van der Waals surface area contributed by atoms with Crippen molar-refractivity contribution in [3.63, 3.8) is 0 Å². The van der Waals surface area contributed by atoms with E-state index in [1.54, 1.807) is 12.1 Å². The van der Waals surface area contributed by atoms with Crippen LogP contribution in [-0.4, -0.2) is 32.9 Å². The molecule has 0 aliphatic rings. The zero-order valence-electron chi connectivity index (χ0n) is 11.2. The maximum Gasteiger partial charge on any atom is 0.244 e. The fraction of sp³-hybridized carbons (Fsp3) is 0.500. The molecule has 1 rings (SSSR count). The normalized spacial score (nSPS) is 13.0. The Morgan fingerprint density at radius 2 is 2.00 bits per heavy atom. The largest absolute Gasteiger partial charge is 0.330 e. The molecule has 0 spiro atoms. The molecule has 7 heteroatoms. The van der Waals surface area contributed by atoms with Crippen molar-refractivity contribution in [2.45, 2.75) is 18.7 Å². The smallest absolute Gasteiger partial charge is 0.244 e. The highest BCUT2D eigenvalue weighted by Gasteiger charge is 2.28. The summed E-state index contributed by atoms with van der Waals surface area (Å²) in [5.41, 5.74) is 5.34. The molecule has 108 valence electrons. The van der Waals surface area contributed by atoms with E-state index in [0.29, 0.717) is 13.1 Å². The Morgan fingerprint density at radius 3 is 2.47 bits per heavy atom. The van der Waals surface area contributed by atoms with Gasteiger partial charge < -0.3 is 5.73 Å². The molecule has 0 saturated carbocycles. The number of hydrogen-bond acceptors (Lipinski definition) is 3. The second-order valence-corrected chi connectivity index (χ2v) is 8.54. The van der Waals surface area contributed by atoms with Crippen molar-refractivity contribution in [1.29, 1.82) is 0 Å². The van der Waals surface area contributed by atoms with Gasteiger partial charge in [-0.1, -0.05) is 41.4 Å². The molecule has 4 nitrogen and oxygen atoms in total. The Labute approximate surface area is 128 Å². The first-order chi connectivity index (χ1) is 8.60. The first kappa shape index (κ1) is 16.9. The fourth-order valence-electron chi connectivity index (χ4n) is 1.60. The molecule has 0 fully saturated rings. The summed E-state index contributed by atoms with van der Waals surface area (Å²) in [7, 11) is -2.07. The minimum atomic E-state index is -3.60. The maximum absolute atomic E-state index is 12.4. The van der Waals surface area contributed by atoms with E-state index in [0.717, 1.165) is 4.47 Å². The van der Waals surface area contributed by atoms with E-state index in [9.17, 15) is 8.42 Å². The van der Waals surface area contributed by atoms with Crippen LogP contribution in [0.1, 0.15) is 13.8 Å². The number of nitrogens with two attached hydrogens (primary N) is 1. The summed E-state index contributed by atoms with van der Waals surface area (Å²) in [6.45, 7) is 4.57. The van der Waals surface area contributed by atoms with Gasteiger partial charge in [-0.25, -0.2) is 12.7 Å². The predicted octanol–water partition coefficient (Wildman–Crippen LogP) is 2.71. The summed E-state index contributed by atoms with van der Waals surface area (Å²) >= 11 is 9.25. The number of nitrogens with zero attached hydrogens (tertiary/aromatic N) is 1. The number of benzene rings is 1. The molecule has 0 aromatic heterocycles. The third kappa shape index (κ3) is 4.16. The Balaban J connectivity index is 3.10. The van der Waals surface area contributed by atoms with Gasteiger partial charge in [0, 0.05) is 18.1 Å². The van der Waals surface area contributed by atoms with Crippen LogP contribution in [0.2, 0.25) is 5.02 Å². The number of halogens is 2. The summed E-state index contributed by atoms with van der Waals surface area (Å²) < 4.78 is 26.9. The predicted molar refractivity (Wildman–Crippen MR) is 81.8 cm³/mol. The quantitative estimate of drug-likeness (QED) is 0.868. The highest BCUT2D eigenvalue weighted by Crippen LogP contribution is 2.28. The minimum Gasteiger partial charge on any atom is -0.330 e. The maximum atomic E-state index is 12.4. The van der Waals surface area contributed by atoms with Gasteiger partial charge in [0.25, 0.3) is 0 Å². The summed E-state index contributed by atoms with van der Waals surface area (Å²) in [4.78, 5) is 0.104. The third-order valence-corrected chi connectivity index (χ3v) is 5.56. The Bertz CT molecular complexity index is 561. The second kappa shape index (κ2) is 6.10. The molecule has 0 aliphatic carbocycles. The van der Waals surface area contributed by atoms with Crippen LogP contribution in [0.5, 0.6) is 0 Å². The van der Waals surface area contributed by atoms with E-state index in [1.165, 1.54) is 17.4 Å². The molecule has 0 heterocycles. The van der Waals surface area contributed by atoms with Gasteiger partial charge in [0.15, 0.2) is 0 Å². The Hall–Kier alpha value is -0.140. The second-order valence-electron chi connectivity index (χ2n) is 5.20. The average molecular weight is 370 g/mol. The zero-order valence-corrected chi connectivity index (χ0v) is 14.3. The van der Waals surface area contributed by atoms with E-state index >= 15 is 0 Å². The lowest BCUT2D eigenvalue weighted by atomic mass is 9.94. The highest BCUT2D eigenvalue weighted by atomic mass is 79.9. The van der Waals surface area contributed by atoms with Crippen LogP contribution >= 0.6 is 27.5 Å². The van der Waals surface area contributed by atoms with Crippen molar-refractivity contribution in [2.75, 3.05) is 20.1 Å². The van der Waals surface area contributed by atoms with Crippen molar-refractivity contribution in [1.82, 2.24) is 4.31 Å². The lowest BCUT2D eigenvalue weighted by Gasteiger charge is -2.28. The van der Waals surface area contributed by atoms with Crippen molar-refractivity contribution < 1.29 is 8.42 Å². The zero-order chi connectivity index (χ0) is 14.8. The van der Waals surface area contributed by atoms with Crippen LogP contribution in [0.25, 0.3) is 0 Å². The molecule has 1 aromatic rings. The summed E-state index contributed by atoms with van der Waals surface area (Å²) in [6, 6.07) is 4.71. The van der Waals surface area contributed by atoms with E-state index in [1.807, 2.05) is 13.8 Å². The molecule has 0 amide bonds. The standard InChI is InChI=1S/C12H18BrClN2O2S/c1-12(2,7-15)8-16(3)19(17,18)11-5-4-9(13)6-10(11)14/h4-6H,7-8,15H2,1-3H3. The van der Waals surface area contributed by atoms with Gasteiger partial charge in [-0.3, -0.25) is 0 Å². The molecule has 0 unspecified atom stereocenters. The van der Waals surface area contributed by atoms with Gasteiger partial charge in [0.2, 0.25) is 10.0 Å². The first-order valence-corrected chi connectivity index (χ1v) is 8.33. The van der Waals surface area contributed by atoms with Crippen LogP contribution in [-0.2, 0) is 10.0 Å². The molecule has 0 aliphatic heterocycles. The molecule has 0 bridgehead atoms. The van der Waals surface area contributed by atoms with Gasteiger partial charge in [0.1, 0.15) is 4.90 Å². The molecule has 0 radical (unpaired) electrons. The van der Waals surface area contributed by atoms with Crippen molar-refractivity contribution >= 4 is 37.6 Å². The van der Waals surface area contributed by atoms with E-state index in [2.05, 4.69) is 15.9 Å². The summed E-state index contributed by atoms with van der Waals surface area (Å²) in [6.07, 6.45) is 0. The lowest BCUT2D eigenvalue weighted by Crippen LogP contribution is -2.39. The van der Waals surface area contributed by atoms with Crippen LogP contribution in [0, 0.1) is 5.41 Å². The number of hydrogen-bond donors (Lipinski definition) is 1. The van der Waals surface area contributed by atoms with E-state index < -0.39 is 10.0 Å². The van der Waals surface area contributed by atoms with Crippen LogP contribution in [0.15, 0.2) is 27.6 Å². The van der Waals surface area contributed by atoms with Gasteiger partial charge in [-0.05, 0) is 30.2 Å². The van der Waals surface area contributed by atoms with Crippen molar-refractivity contribution in [3.05, 3.63) is 27.7 Å². The topological polar surface area (TPSA) is 63.4 Å². The van der Waals surface area contributed by atoms with Gasteiger partial charge in [0.05, 0.1) is 5.02 Å². The van der Waals surface area contributed by atoms with Crippen molar-refractivity contribution in [3.8, 4) is 0 Å². The molecular weight excluding hydrogens is 352 g/mol.